The van der Waals surface area contributed by atoms with E-state index < -0.39 is 11.2 Å². The summed E-state index contributed by atoms with van der Waals surface area (Å²) in [5.74, 6) is 0.0266. The molecule has 1 unspecified atom stereocenters. The molecule has 1 N–H and O–H groups in total. The van der Waals surface area contributed by atoms with Crippen molar-refractivity contribution in [3.05, 3.63) is 101 Å². The van der Waals surface area contributed by atoms with Crippen molar-refractivity contribution in [3.63, 3.8) is 0 Å². The van der Waals surface area contributed by atoms with E-state index in [4.69, 9.17) is 4.74 Å². The van der Waals surface area contributed by atoms with Crippen LogP contribution in [0.4, 0.5) is 11.4 Å². The van der Waals surface area contributed by atoms with Crippen molar-refractivity contribution in [2.24, 2.45) is 0 Å². The molecule has 170 valence electrons. The van der Waals surface area contributed by atoms with Crippen molar-refractivity contribution in [3.8, 4) is 11.8 Å². The quantitative estimate of drug-likeness (QED) is 0.403. The first-order chi connectivity index (χ1) is 16.5. The van der Waals surface area contributed by atoms with Crippen LogP contribution in [0.15, 0.2) is 89.5 Å². The highest BCUT2D eigenvalue weighted by Gasteiger charge is 2.41. The Hall–Kier alpha value is -4.02. The molecule has 1 aliphatic rings. The average molecular weight is 470 g/mol. The fraction of sp³-hybridized carbons (Fsp3) is 0.148. The Morgan fingerprint density at radius 3 is 2.38 bits per heavy atom. The highest BCUT2D eigenvalue weighted by Crippen LogP contribution is 2.43. The lowest BCUT2D eigenvalue weighted by molar-refractivity contribution is -0.117. The maximum absolute atomic E-state index is 13.6. The van der Waals surface area contributed by atoms with Gasteiger partial charge in [0.25, 0.3) is 5.91 Å². The smallest absolute Gasteiger partial charge is 0.269 e. The molecular weight excluding hydrogens is 446 g/mol. The highest BCUT2D eigenvalue weighted by atomic mass is 32.2. The number of nitriles is 1. The van der Waals surface area contributed by atoms with Crippen LogP contribution in [0, 0.1) is 18.3 Å². The fourth-order valence-electron chi connectivity index (χ4n) is 3.71. The van der Waals surface area contributed by atoms with Gasteiger partial charge >= 0.3 is 0 Å². The molecule has 3 aromatic carbocycles. The van der Waals surface area contributed by atoms with E-state index in [9.17, 15) is 14.9 Å². The molecule has 2 amide bonds. The summed E-state index contributed by atoms with van der Waals surface area (Å²) in [6.07, 6.45) is 0.457. The Bertz CT molecular complexity index is 1280. The zero-order valence-corrected chi connectivity index (χ0v) is 19.6. The first-order valence-electron chi connectivity index (χ1n) is 10.7. The van der Waals surface area contributed by atoms with Crippen LogP contribution in [0.25, 0.3) is 0 Å². The molecule has 4 rings (SSSR count). The number of aryl methyl sites for hydroxylation is 1. The number of ether oxygens (including phenoxy) is 1. The minimum atomic E-state index is -0.548. The van der Waals surface area contributed by atoms with Crippen LogP contribution in [0.1, 0.15) is 11.1 Å². The van der Waals surface area contributed by atoms with Crippen molar-refractivity contribution in [2.75, 3.05) is 17.3 Å². The van der Waals surface area contributed by atoms with E-state index in [-0.39, 0.29) is 11.5 Å². The summed E-state index contributed by atoms with van der Waals surface area (Å²) >= 11 is 1.25. The third-order valence-electron chi connectivity index (χ3n) is 5.47. The summed E-state index contributed by atoms with van der Waals surface area (Å²) in [7, 11) is 1.60. The number of rotatable bonds is 6. The Balaban J connectivity index is 1.72. The number of carbonyl (C=O) groups is 2. The molecular formula is C27H23N3O3S. The Morgan fingerprint density at radius 2 is 1.74 bits per heavy atom. The van der Waals surface area contributed by atoms with Crippen LogP contribution in [-0.2, 0) is 16.0 Å². The summed E-state index contributed by atoms with van der Waals surface area (Å²) < 4.78 is 5.22. The second kappa shape index (κ2) is 10.3. The van der Waals surface area contributed by atoms with Gasteiger partial charge in [-0.2, -0.15) is 5.26 Å². The molecule has 0 aliphatic carbocycles. The Kier molecular flexibility index (Phi) is 7.00. The van der Waals surface area contributed by atoms with Crippen LogP contribution in [0.2, 0.25) is 0 Å². The predicted molar refractivity (Wildman–Crippen MR) is 134 cm³/mol. The summed E-state index contributed by atoms with van der Waals surface area (Å²) in [6, 6.07) is 26.0. The number of anilines is 2. The van der Waals surface area contributed by atoms with Gasteiger partial charge in [0.1, 0.15) is 22.4 Å². The standard InChI is InChI=1S/C27H23N3O3S/c1-18-8-6-7-11-23(18)30-26(32)24(16-19-12-14-21(33-2)15-13-19)34-27(30)22(17-28)25(31)29-20-9-4-3-5-10-20/h3-15,24H,16H2,1-2H3,(H,29,31)/b27-22-. The first kappa shape index (κ1) is 23.1. The van der Waals surface area contributed by atoms with Crippen molar-refractivity contribution >= 4 is 35.0 Å². The summed E-state index contributed by atoms with van der Waals surface area (Å²) in [6.45, 7) is 1.90. The minimum absolute atomic E-state index is 0.0947. The van der Waals surface area contributed by atoms with E-state index in [0.29, 0.717) is 22.8 Å². The molecule has 1 fully saturated rings. The van der Waals surface area contributed by atoms with E-state index in [2.05, 4.69) is 5.32 Å². The second-order valence-corrected chi connectivity index (χ2v) is 8.92. The van der Waals surface area contributed by atoms with E-state index in [1.54, 1.807) is 31.4 Å². The molecule has 3 aromatic rings. The molecule has 1 saturated heterocycles. The molecule has 7 heteroatoms. The molecule has 0 bridgehead atoms. The van der Waals surface area contributed by atoms with Crippen molar-refractivity contribution < 1.29 is 14.3 Å². The van der Waals surface area contributed by atoms with Gasteiger partial charge in [-0.05, 0) is 54.8 Å². The zero-order valence-electron chi connectivity index (χ0n) is 18.8. The molecule has 6 nitrogen and oxygen atoms in total. The van der Waals surface area contributed by atoms with Crippen molar-refractivity contribution in [1.82, 2.24) is 0 Å². The summed E-state index contributed by atoms with van der Waals surface area (Å²) in [5.41, 5.74) is 2.98. The number of thioether (sulfide) groups is 1. The maximum atomic E-state index is 13.6. The third-order valence-corrected chi connectivity index (χ3v) is 6.74. The first-order valence-corrected chi connectivity index (χ1v) is 11.6. The number of nitrogens with zero attached hydrogens (tertiary/aromatic N) is 2. The van der Waals surface area contributed by atoms with Crippen LogP contribution >= 0.6 is 11.8 Å². The topological polar surface area (TPSA) is 82.4 Å². The normalized spacial score (nSPS) is 16.7. The highest BCUT2D eigenvalue weighted by molar-refractivity contribution is 8.05. The molecule has 1 aliphatic heterocycles. The SMILES string of the molecule is COc1ccc(CC2S/C(=C(/C#N)C(=O)Nc3ccccc3)N(c3ccccc3C)C2=O)cc1. The number of carbonyl (C=O) groups excluding carboxylic acids is 2. The largest absolute Gasteiger partial charge is 0.497 e. The number of benzene rings is 3. The van der Waals surface area contributed by atoms with E-state index in [1.165, 1.54) is 16.7 Å². The minimum Gasteiger partial charge on any atom is -0.497 e. The number of para-hydroxylation sites is 2. The van der Waals surface area contributed by atoms with Crippen LogP contribution < -0.4 is 15.0 Å². The van der Waals surface area contributed by atoms with E-state index >= 15 is 0 Å². The van der Waals surface area contributed by atoms with E-state index in [0.717, 1.165) is 16.9 Å². The van der Waals surface area contributed by atoms with Gasteiger partial charge in [-0.25, -0.2) is 0 Å². The molecule has 1 heterocycles. The van der Waals surface area contributed by atoms with Crippen LogP contribution in [-0.4, -0.2) is 24.2 Å². The molecule has 0 saturated carbocycles. The molecule has 0 aromatic heterocycles. The predicted octanol–water partition coefficient (Wildman–Crippen LogP) is 5.07. The van der Waals surface area contributed by atoms with Gasteiger partial charge in [-0.15, -0.1) is 0 Å². The number of nitrogens with one attached hydrogen (secondary N) is 1. The summed E-state index contributed by atoms with van der Waals surface area (Å²) in [4.78, 5) is 28.2. The van der Waals surface area contributed by atoms with Gasteiger partial charge < -0.3 is 10.1 Å². The summed E-state index contributed by atoms with van der Waals surface area (Å²) in [5, 5.41) is 12.6. The average Bonchev–Trinajstić information content (AvgIpc) is 3.16. The zero-order chi connectivity index (χ0) is 24.1. The molecule has 34 heavy (non-hydrogen) atoms. The fourth-order valence-corrected chi connectivity index (χ4v) is 5.01. The van der Waals surface area contributed by atoms with Crippen LogP contribution in [0.3, 0.4) is 0 Å². The molecule has 0 spiro atoms. The van der Waals surface area contributed by atoms with Gasteiger partial charge in [0.15, 0.2) is 0 Å². The lowest BCUT2D eigenvalue weighted by atomic mass is 10.1. The van der Waals surface area contributed by atoms with Gasteiger partial charge in [0.2, 0.25) is 5.91 Å². The monoisotopic (exact) mass is 469 g/mol. The number of methoxy groups -OCH3 is 1. The van der Waals surface area contributed by atoms with Gasteiger partial charge in [-0.1, -0.05) is 60.3 Å². The van der Waals surface area contributed by atoms with E-state index in [1.807, 2.05) is 67.6 Å². The Labute approximate surface area is 202 Å². The number of hydrogen-bond donors (Lipinski definition) is 1. The van der Waals surface area contributed by atoms with Crippen LogP contribution in [0.5, 0.6) is 5.75 Å². The lowest BCUT2D eigenvalue weighted by Gasteiger charge is -2.20. The van der Waals surface area contributed by atoms with Crippen molar-refractivity contribution in [1.29, 1.82) is 5.26 Å². The number of hydrogen-bond acceptors (Lipinski definition) is 5. The third kappa shape index (κ3) is 4.82. The van der Waals surface area contributed by atoms with Gasteiger partial charge in [0, 0.05) is 5.69 Å². The molecule has 1 atom stereocenters. The van der Waals surface area contributed by atoms with Gasteiger partial charge in [-0.3, -0.25) is 14.5 Å². The lowest BCUT2D eigenvalue weighted by Crippen LogP contribution is -2.31. The molecule has 0 radical (unpaired) electrons. The second-order valence-electron chi connectivity index (χ2n) is 7.73. The Morgan fingerprint density at radius 1 is 1.06 bits per heavy atom. The van der Waals surface area contributed by atoms with Crippen molar-refractivity contribution in [2.45, 2.75) is 18.6 Å². The number of amides is 2. The maximum Gasteiger partial charge on any atom is 0.269 e. The van der Waals surface area contributed by atoms with Gasteiger partial charge in [0.05, 0.1) is 18.0 Å².